The van der Waals surface area contributed by atoms with Crippen LogP contribution < -0.4 is 10.2 Å². The smallest absolute Gasteiger partial charge is 0.428 e. The second kappa shape index (κ2) is 6.78. The van der Waals surface area contributed by atoms with E-state index >= 15 is 0 Å². The van der Waals surface area contributed by atoms with Crippen molar-refractivity contribution in [2.45, 2.75) is 33.3 Å². The number of halogens is 1. The lowest BCUT2D eigenvalue weighted by Gasteiger charge is -2.18. The number of hydrogen-bond acceptors (Lipinski definition) is 5. The second-order valence-electron chi connectivity index (χ2n) is 6.21. The number of carbonyl (C=O) groups excluding carboxylic acids is 1. The zero-order chi connectivity index (χ0) is 17.9. The van der Waals surface area contributed by atoms with E-state index in [0.29, 0.717) is 11.1 Å². The zero-order valence-electron chi connectivity index (χ0n) is 13.9. The molecule has 126 valence electrons. The number of pyridine rings is 1. The van der Waals surface area contributed by atoms with Gasteiger partial charge < -0.3 is 9.47 Å². The molecule has 0 fully saturated rings. The Morgan fingerprint density at radius 1 is 1.12 bits per heavy atom. The summed E-state index contributed by atoms with van der Waals surface area (Å²) in [6.45, 7) is 6.63. The molecule has 5 nitrogen and oxygen atoms in total. The van der Waals surface area contributed by atoms with Crippen molar-refractivity contribution in [2.75, 3.05) is 0 Å². The van der Waals surface area contributed by atoms with E-state index in [-0.39, 0.29) is 11.4 Å². The van der Waals surface area contributed by atoms with Gasteiger partial charge in [0.1, 0.15) is 11.4 Å². The third-order valence-corrected chi connectivity index (χ3v) is 3.01. The maximum Gasteiger partial charge on any atom is 0.514 e. The van der Waals surface area contributed by atoms with Crippen molar-refractivity contribution in [1.29, 1.82) is 0 Å². The van der Waals surface area contributed by atoms with Gasteiger partial charge in [-0.2, -0.15) is 0 Å². The normalized spacial score (nSPS) is 11.0. The number of aromatic nitrogens is 1. The van der Waals surface area contributed by atoms with Crippen molar-refractivity contribution in [1.82, 2.24) is 4.98 Å². The van der Waals surface area contributed by atoms with E-state index in [9.17, 15) is 14.0 Å². The molecule has 0 aliphatic heterocycles. The Bertz CT molecular complexity index is 828. The van der Waals surface area contributed by atoms with Gasteiger partial charge in [-0.3, -0.25) is 9.78 Å². The highest BCUT2D eigenvalue weighted by atomic mass is 19.1. The number of aryl methyl sites for hydroxylation is 1. The van der Waals surface area contributed by atoms with Gasteiger partial charge in [0.25, 0.3) is 0 Å². The van der Waals surface area contributed by atoms with E-state index in [4.69, 9.17) is 9.47 Å². The van der Waals surface area contributed by atoms with E-state index in [1.54, 1.807) is 33.8 Å². The summed E-state index contributed by atoms with van der Waals surface area (Å²) in [5, 5.41) is 0. The fourth-order valence-electron chi connectivity index (χ4n) is 1.85. The molecule has 2 aromatic rings. The minimum atomic E-state index is -0.963. The summed E-state index contributed by atoms with van der Waals surface area (Å²) in [6, 6.07) is 6.98. The fraction of sp³-hybridized carbons (Fsp3) is 0.278. The van der Waals surface area contributed by atoms with Crippen molar-refractivity contribution in [2.24, 2.45) is 0 Å². The molecule has 1 heterocycles. The fourth-order valence-corrected chi connectivity index (χ4v) is 1.85. The molecule has 0 aliphatic carbocycles. The molecule has 1 aromatic carbocycles. The van der Waals surface area contributed by atoms with E-state index in [0.717, 1.165) is 0 Å². The summed E-state index contributed by atoms with van der Waals surface area (Å²) < 4.78 is 23.6. The number of ether oxygens (including phenoxy) is 2. The molecule has 6 heteroatoms. The van der Waals surface area contributed by atoms with Gasteiger partial charge in [0.05, 0.1) is 5.69 Å². The van der Waals surface area contributed by atoms with Crippen LogP contribution in [0.3, 0.4) is 0 Å². The molecule has 0 atom stereocenters. The summed E-state index contributed by atoms with van der Waals surface area (Å²) in [7, 11) is 0. The predicted molar refractivity (Wildman–Crippen MR) is 87.5 cm³/mol. The molecular weight excluding hydrogens is 313 g/mol. The lowest BCUT2D eigenvalue weighted by molar-refractivity contribution is 0.0204. The van der Waals surface area contributed by atoms with Crippen molar-refractivity contribution in [3.05, 3.63) is 58.3 Å². The number of hydrogen-bond donors (Lipinski definition) is 0. The topological polar surface area (TPSA) is 65.5 Å². The first-order valence-corrected chi connectivity index (χ1v) is 7.33. The second-order valence-corrected chi connectivity index (χ2v) is 6.21. The molecule has 0 bridgehead atoms. The van der Waals surface area contributed by atoms with Gasteiger partial charge in [-0.25, -0.2) is 9.18 Å². The lowest BCUT2D eigenvalue weighted by Crippen LogP contribution is -2.26. The minimum absolute atomic E-state index is 0.170. The number of nitrogens with zero attached hydrogens (tertiary/aromatic N) is 1. The van der Waals surface area contributed by atoms with E-state index in [1.165, 1.54) is 30.5 Å². The van der Waals surface area contributed by atoms with Crippen LogP contribution in [-0.2, 0) is 4.74 Å². The first-order valence-electron chi connectivity index (χ1n) is 7.33. The standard InChI is InChI=1S/C18H18FNO4/c1-11-14(19)9-13(10-20-11)12-5-7-15(21)16(8-6-12)23-17(22)24-18(2,3)4/h5-10H,1-4H3. The van der Waals surface area contributed by atoms with Gasteiger partial charge >= 0.3 is 6.16 Å². The molecule has 0 aliphatic rings. The quantitative estimate of drug-likeness (QED) is 0.782. The van der Waals surface area contributed by atoms with Gasteiger partial charge in [0.15, 0.2) is 5.75 Å². The van der Waals surface area contributed by atoms with Crippen LogP contribution in [0.2, 0.25) is 0 Å². The van der Waals surface area contributed by atoms with Crippen LogP contribution in [0, 0.1) is 12.7 Å². The molecule has 0 spiro atoms. The average molecular weight is 331 g/mol. The molecule has 1 aromatic heterocycles. The maximum atomic E-state index is 13.6. The van der Waals surface area contributed by atoms with Crippen molar-refractivity contribution < 1.29 is 18.7 Å². The van der Waals surface area contributed by atoms with Crippen LogP contribution in [0.4, 0.5) is 9.18 Å². The summed E-state index contributed by atoms with van der Waals surface area (Å²) >= 11 is 0. The van der Waals surface area contributed by atoms with Gasteiger partial charge in [-0.05, 0) is 51.5 Å². The maximum absolute atomic E-state index is 13.6. The van der Waals surface area contributed by atoms with Crippen LogP contribution >= 0.6 is 0 Å². The van der Waals surface area contributed by atoms with E-state index in [1.807, 2.05) is 0 Å². The third kappa shape index (κ3) is 4.62. The largest absolute Gasteiger partial charge is 0.514 e. The Hall–Kier alpha value is -2.76. The Morgan fingerprint density at radius 2 is 1.79 bits per heavy atom. The van der Waals surface area contributed by atoms with Crippen LogP contribution in [0.1, 0.15) is 26.5 Å². The van der Waals surface area contributed by atoms with E-state index in [2.05, 4.69) is 4.98 Å². The van der Waals surface area contributed by atoms with Crippen molar-refractivity contribution in [3.8, 4) is 16.9 Å². The summed E-state index contributed by atoms with van der Waals surface area (Å²) in [5.41, 5.74) is 0.146. The molecule has 0 N–H and O–H groups in total. The highest BCUT2D eigenvalue weighted by molar-refractivity contribution is 5.66. The molecule has 0 amide bonds. The Morgan fingerprint density at radius 3 is 2.42 bits per heavy atom. The predicted octanol–water partition coefficient (Wildman–Crippen LogP) is 3.87. The van der Waals surface area contributed by atoms with Crippen LogP contribution in [0.5, 0.6) is 5.75 Å². The minimum Gasteiger partial charge on any atom is -0.428 e. The van der Waals surface area contributed by atoms with Crippen LogP contribution in [0.25, 0.3) is 11.1 Å². The van der Waals surface area contributed by atoms with Gasteiger partial charge in [-0.15, -0.1) is 0 Å². The average Bonchev–Trinajstić information content (AvgIpc) is 2.63. The molecule has 0 radical (unpaired) electrons. The van der Waals surface area contributed by atoms with Crippen LogP contribution in [-0.4, -0.2) is 16.7 Å². The zero-order valence-corrected chi connectivity index (χ0v) is 13.9. The number of carbonyl (C=O) groups is 1. The molecule has 0 saturated carbocycles. The van der Waals surface area contributed by atoms with Crippen molar-refractivity contribution in [3.63, 3.8) is 0 Å². The van der Waals surface area contributed by atoms with Crippen molar-refractivity contribution >= 4 is 6.16 Å². The van der Waals surface area contributed by atoms with E-state index < -0.39 is 23.0 Å². The highest BCUT2D eigenvalue weighted by Crippen LogP contribution is 2.20. The van der Waals surface area contributed by atoms with Gasteiger partial charge in [0.2, 0.25) is 5.43 Å². The summed E-state index contributed by atoms with van der Waals surface area (Å²) in [4.78, 5) is 27.6. The molecule has 0 saturated heterocycles. The highest BCUT2D eigenvalue weighted by Gasteiger charge is 2.18. The third-order valence-electron chi connectivity index (χ3n) is 3.01. The lowest BCUT2D eigenvalue weighted by atomic mass is 10.1. The molecule has 0 unspecified atom stereocenters. The van der Waals surface area contributed by atoms with Crippen LogP contribution in [0.15, 0.2) is 41.3 Å². The SMILES string of the molecule is Cc1ncc(-c2ccc(OC(=O)OC(C)(C)C)c(=O)cc2)cc1F. The first-order chi connectivity index (χ1) is 11.2. The monoisotopic (exact) mass is 331 g/mol. The molecule has 24 heavy (non-hydrogen) atoms. The summed E-state index contributed by atoms with van der Waals surface area (Å²) in [6.07, 6.45) is 0.544. The molecular formula is C18H18FNO4. The Balaban J connectivity index is 2.31. The first kappa shape index (κ1) is 17.6. The van der Waals surface area contributed by atoms with Gasteiger partial charge in [0, 0.05) is 11.8 Å². The Labute approximate surface area is 139 Å². The number of rotatable bonds is 2. The molecule has 2 rings (SSSR count). The summed E-state index contributed by atoms with van der Waals surface area (Å²) in [5.74, 6) is -0.609. The van der Waals surface area contributed by atoms with Gasteiger partial charge in [-0.1, -0.05) is 12.1 Å². The Kier molecular flexibility index (Phi) is 4.97.